The minimum atomic E-state index is 0.463. The van der Waals surface area contributed by atoms with E-state index in [2.05, 4.69) is 23.7 Å². The molecule has 0 bridgehead atoms. The molecular formula is C7H12N2OS. The molecule has 0 saturated carbocycles. The highest BCUT2D eigenvalue weighted by Gasteiger charge is 2.04. The summed E-state index contributed by atoms with van der Waals surface area (Å²) in [5, 5.41) is 1.14. The van der Waals surface area contributed by atoms with Crippen LogP contribution in [0.3, 0.4) is 0 Å². The fraction of sp³-hybridized carbons (Fsp3) is 0.571. The summed E-state index contributed by atoms with van der Waals surface area (Å²) in [5.74, 6) is 5.42. The highest BCUT2D eigenvalue weighted by Crippen LogP contribution is 2.20. The maximum atomic E-state index is 4.92. The minimum Gasteiger partial charge on any atom is -0.299 e. The summed E-state index contributed by atoms with van der Waals surface area (Å²) in [5.41, 5.74) is 0. The Hall–Kier alpha value is -0.450. The maximum absolute atomic E-state index is 4.92. The number of hydrogen-bond donors (Lipinski definition) is 1. The van der Waals surface area contributed by atoms with Crippen LogP contribution in [0.5, 0.6) is 0 Å². The van der Waals surface area contributed by atoms with Crippen LogP contribution in [-0.4, -0.2) is 4.98 Å². The predicted octanol–water partition coefficient (Wildman–Crippen LogP) is 1.66. The molecule has 3 nitrogen and oxygen atoms in total. The first-order chi connectivity index (χ1) is 5.24. The molecule has 0 atom stereocenters. The van der Waals surface area contributed by atoms with Crippen molar-refractivity contribution < 1.29 is 4.84 Å². The third kappa shape index (κ3) is 2.25. The predicted molar refractivity (Wildman–Crippen MR) is 45.2 cm³/mol. The Morgan fingerprint density at radius 1 is 1.73 bits per heavy atom. The van der Waals surface area contributed by atoms with Gasteiger partial charge >= 0.3 is 0 Å². The highest BCUT2D eigenvalue weighted by molar-refractivity contribution is 7.11. The van der Waals surface area contributed by atoms with Gasteiger partial charge in [-0.2, -0.15) is 0 Å². The fourth-order valence-corrected chi connectivity index (χ4v) is 1.58. The molecule has 1 aromatic heterocycles. The first kappa shape index (κ1) is 8.64. The van der Waals surface area contributed by atoms with E-state index in [1.807, 2.05) is 6.20 Å². The monoisotopic (exact) mass is 172 g/mol. The van der Waals surface area contributed by atoms with Crippen LogP contribution < -0.4 is 5.90 Å². The van der Waals surface area contributed by atoms with E-state index in [1.165, 1.54) is 0 Å². The van der Waals surface area contributed by atoms with Crippen LogP contribution in [0.15, 0.2) is 6.20 Å². The van der Waals surface area contributed by atoms with Crippen LogP contribution in [0.1, 0.15) is 29.7 Å². The molecule has 11 heavy (non-hydrogen) atoms. The number of rotatable bonds is 3. The fourth-order valence-electron chi connectivity index (χ4n) is 0.738. The van der Waals surface area contributed by atoms with Gasteiger partial charge in [0.15, 0.2) is 0 Å². The molecule has 0 saturated heterocycles. The third-order valence-corrected chi connectivity index (χ3v) is 2.56. The molecule has 0 unspecified atom stereocenters. The second-order valence-electron chi connectivity index (χ2n) is 2.63. The van der Waals surface area contributed by atoms with Gasteiger partial charge in [0.1, 0.15) is 6.61 Å². The molecule has 4 heteroatoms. The van der Waals surface area contributed by atoms with Crippen molar-refractivity contribution >= 4 is 11.3 Å². The van der Waals surface area contributed by atoms with Crippen molar-refractivity contribution in [2.24, 2.45) is 5.90 Å². The molecule has 1 heterocycles. The standard InChI is InChI=1S/C7H12N2OS/c1-5(2)7-9-3-6(11-7)4-10-8/h3,5H,4,8H2,1-2H3. The smallest absolute Gasteiger partial charge is 0.104 e. The SMILES string of the molecule is CC(C)c1ncc(CON)s1. The van der Waals surface area contributed by atoms with Gasteiger partial charge in [-0.15, -0.1) is 11.3 Å². The zero-order valence-electron chi connectivity index (χ0n) is 6.70. The number of aromatic nitrogens is 1. The molecule has 0 amide bonds. The lowest BCUT2D eigenvalue weighted by atomic mass is 10.2. The second-order valence-corrected chi connectivity index (χ2v) is 3.78. The molecule has 0 aliphatic carbocycles. The average molecular weight is 172 g/mol. The Balaban J connectivity index is 2.66. The van der Waals surface area contributed by atoms with E-state index in [1.54, 1.807) is 11.3 Å². The molecule has 0 radical (unpaired) electrons. The Bertz CT molecular complexity index is 222. The Labute approximate surface area is 70.2 Å². The number of nitrogens with zero attached hydrogens (tertiary/aromatic N) is 1. The second kappa shape index (κ2) is 3.80. The zero-order chi connectivity index (χ0) is 8.27. The first-order valence-electron chi connectivity index (χ1n) is 3.50. The molecule has 62 valence electrons. The van der Waals surface area contributed by atoms with E-state index < -0.39 is 0 Å². The molecule has 0 aliphatic heterocycles. The summed E-state index contributed by atoms with van der Waals surface area (Å²) in [4.78, 5) is 9.79. The van der Waals surface area contributed by atoms with Gasteiger partial charge in [-0.25, -0.2) is 10.9 Å². The van der Waals surface area contributed by atoms with Gasteiger partial charge in [0.2, 0.25) is 0 Å². The van der Waals surface area contributed by atoms with Crippen LogP contribution in [0.2, 0.25) is 0 Å². The summed E-state index contributed by atoms with van der Waals surface area (Å²) in [6.07, 6.45) is 1.81. The summed E-state index contributed by atoms with van der Waals surface area (Å²) < 4.78 is 0. The van der Waals surface area contributed by atoms with E-state index in [4.69, 9.17) is 5.90 Å². The Morgan fingerprint density at radius 3 is 2.91 bits per heavy atom. The first-order valence-corrected chi connectivity index (χ1v) is 4.32. The van der Waals surface area contributed by atoms with Crippen LogP contribution >= 0.6 is 11.3 Å². The van der Waals surface area contributed by atoms with Crippen LogP contribution in [0.4, 0.5) is 0 Å². The molecule has 0 aromatic carbocycles. The van der Waals surface area contributed by atoms with Gasteiger partial charge in [0.25, 0.3) is 0 Å². The van der Waals surface area contributed by atoms with Crippen molar-refractivity contribution in [1.82, 2.24) is 4.98 Å². The minimum absolute atomic E-state index is 0.463. The molecular weight excluding hydrogens is 160 g/mol. The lowest BCUT2D eigenvalue weighted by Crippen LogP contribution is -1.96. The molecule has 0 spiro atoms. The third-order valence-electron chi connectivity index (χ3n) is 1.29. The van der Waals surface area contributed by atoms with E-state index >= 15 is 0 Å². The summed E-state index contributed by atoms with van der Waals surface area (Å²) in [7, 11) is 0. The van der Waals surface area contributed by atoms with Crippen molar-refractivity contribution in [2.45, 2.75) is 26.4 Å². The van der Waals surface area contributed by atoms with Gasteiger partial charge in [0.05, 0.1) is 9.88 Å². The maximum Gasteiger partial charge on any atom is 0.104 e. The summed E-state index contributed by atoms with van der Waals surface area (Å²) in [6.45, 7) is 4.70. The largest absolute Gasteiger partial charge is 0.299 e. The van der Waals surface area contributed by atoms with Gasteiger partial charge in [-0.3, -0.25) is 4.84 Å². The van der Waals surface area contributed by atoms with Crippen molar-refractivity contribution in [3.8, 4) is 0 Å². The van der Waals surface area contributed by atoms with Crippen molar-refractivity contribution in [2.75, 3.05) is 0 Å². The van der Waals surface area contributed by atoms with E-state index in [0.29, 0.717) is 12.5 Å². The molecule has 0 fully saturated rings. The molecule has 1 aromatic rings. The topological polar surface area (TPSA) is 48.1 Å². The van der Waals surface area contributed by atoms with E-state index in [9.17, 15) is 0 Å². The van der Waals surface area contributed by atoms with Crippen molar-refractivity contribution in [3.63, 3.8) is 0 Å². The zero-order valence-corrected chi connectivity index (χ0v) is 7.52. The summed E-state index contributed by atoms with van der Waals surface area (Å²) in [6, 6.07) is 0. The Morgan fingerprint density at radius 2 is 2.45 bits per heavy atom. The van der Waals surface area contributed by atoms with E-state index in [-0.39, 0.29) is 0 Å². The lowest BCUT2D eigenvalue weighted by molar-refractivity contribution is 0.126. The van der Waals surface area contributed by atoms with Gasteiger partial charge in [-0.05, 0) is 0 Å². The molecule has 2 N–H and O–H groups in total. The number of thiazole rings is 1. The average Bonchev–Trinajstić information content (AvgIpc) is 2.37. The lowest BCUT2D eigenvalue weighted by Gasteiger charge is -1.95. The molecule has 1 rings (SSSR count). The Kier molecular flexibility index (Phi) is 2.99. The normalized spacial score (nSPS) is 10.9. The van der Waals surface area contributed by atoms with Crippen LogP contribution in [-0.2, 0) is 11.4 Å². The van der Waals surface area contributed by atoms with Crippen LogP contribution in [0.25, 0.3) is 0 Å². The van der Waals surface area contributed by atoms with Gasteiger partial charge in [0, 0.05) is 12.1 Å². The van der Waals surface area contributed by atoms with Crippen molar-refractivity contribution in [1.29, 1.82) is 0 Å². The summed E-state index contributed by atoms with van der Waals surface area (Å²) >= 11 is 1.65. The van der Waals surface area contributed by atoms with E-state index in [0.717, 1.165) is 9.88 Å². The highest BCUT2D eigenvalue weighted by atomic mass is 32.1. The van der Waals surface area contributed by atoms with Gasteiger partial charge < -0.3 is 0 Å². The van der Waals surface area contributed by atoms with Gasteiger partial charge in [-0.1, -0.05) is 13.8 Å². The van der Waals surface area contributed by atoms with Crippen LogP contribution in [0, 0.1) is 0 Å². The number of hydrogen-bond acceptors (Lipinski definition) is 4. The quantitative estimate of drug-likeness (QED) is 0.705. The van der Waals surface area contributed by atoms with Crippen molar-refractivity contribution in [3.05, 3.63) is 16.1 Å². The molecule has 0 aliphatic rings. The number of nitrogens with two attached hydrogens (primary N) is 1.